The standard InChI is InChI=1S/C14H19N3O2/c1-16(2)7-8-17-13-11(5-3-6-15-13)12-14(17)19-10-4-9-18-12/h3,5-6H,4,7-10H2,1-2H3. The van der Waals surface area contributed by atoms with Crippen molar-refractivity contribution in [3.63, 3.8) is 0 Å². The van der Waals surface area contributed by atoms with E-state index in [9.17, 15) is 0 Å². The Kier molecular flexibility index (Phi) is 3.29. The lowest BCUT2D eigenvalue weighted by molar-refractivity contribution is 0.281. The van der Waals surface area contributed by atoms with Gasteiger partial charge in [-0.2, -0.15) is 0 Å². The summed E-state index contributed by atoms with van der Waals surface area (Å²) in [5, 5.41) is 1.04. The molecule has 1 aliphatic rings. The van der Waals surface area contributed by atoms with Gasteiger partial charge in [0, 0.05) is 25.7 Å². The predicted molar refractivity (Wildman–Crippen MR) is 73.9 cm³/mol. The van der Waals surface area contributed by atoms with Crippen molar-refractivity contribution < 1.29 is 9.47 Å². The van der Waals surface area contributed by atoms with Gasteiger partial charge in [0.1, 0.15) is 5.65 Å². The molecule has 5 heteroatoms. The van der Waals surface area contributed by atoms with E-state index in [1.54, 1.807) is 0 Å². The molecule has 0 saturated carbocycles. The first-order valence-electron chi connectivity index (χ1n) is 6.65. The van der Waals surface area contributed by atoms with Crippen LogP contribution in [-0.2, 0) is 6.54 Å². The maximum atomic E-state index is 5.88. The fraction of sp³-hybridized carbons (Fsp3) is 0.500. The number of ether oxygens (including phenoxy) is 2. The van der Waals surface area contributed by atoms with Gasteiger partial charge >= 0.3 is 0 Å². The third-order valence-corrected chi connectivity index (χ3v) is 3.27. The number of fused-ring (bicyclic) bond motifs is 3. The maximum absolute atomic E-state index is 5.88. The van der Waals surface area contributed by atoms with E-state index in [0.29, 0.717) is 13.2 Å². The van der Waals surface area contributed by atoms with E-state index in [0.717, 1.165) is 42.2 Å². The summed E-state index contributed by atoms with van der Waals surface area (Å²) < 4.78 is 13.8. The quantitative estimate of drug-likeness (QED) is 0.844. The van der Waals surface area contributed by atoms with Gasteiger partial charge in [0.2, 0.25) is 5.88 Å². The molecule has 5 nitrogen and oxygen atoms in total. The third-order valence-electron chi connectivity index (χ3n) is 3.27. The molecule has 3 heterocycles. The lowest BCUT2D eigenvalue weighted by Gasteiger charge is -2.13. The van der Waals surface area contributed by atoms with Crippen LogP contribution in [0.2, 0.25) is 0 Å². The highest BCUT2D eigenvalue weighted by Crippen LogP contribution is 2.39. The normalized spacial score (nSPS) is 14.9. The van der Waals surface area contributed by atoms with Gasteiger partial charge in [0.15, 0.2) is 5.75 Å². The minimum atomic E-state index is 0.700. The Bertz CT molecular complexity index is 577. The maximum Gasteiger partial charge on any atom is 0.239 e. The molecule has 0 unspecified atom stereocenters. The minimum absolute atomic E-state index is 0.700. The Morgan fingerprint density at radius 3 is 3.00 bits per heavy atom. The summed E-state index contributed by atoms with van der Waals surface area (Å²) in [7, 11) is 4.13. The van der Waals surface area contributed by atoms with Crippen molar-refractivity contribution in [2.45, 2.75) is 13.0 Å². The lowest BCUT2D eigenvalue weighted by Crippen LogP contribution is -2.19. The molecule has 0 aliphatic carbocycles. The van der Waals surface area contributed by atoms with Crippen LogP contribution in [0.5, 0.6) is 11.6 Å². The monoisotopic (exact) mass is 261 g/mol. The molecule has 0 N–H and O–H groups in total. The largest absolute Gasteiger partial charge is 0.487 e. The number of likely N-dealkylation sites (N-methyl/N-ethyl adjacent to an activating group) is 1. The van der Waals surface area contributed by atoms with Crippen LogP contribution in [0.15, 0.2) is 18.3 Å². The van der Waals surface area contributed by atoms with Crippen molar-refractivity contribution in [3.05, 3.63) is 18.3 Å². The van der Waals surface area contributed by atoms with Gasteiger partial charge in [-0.05, 0) is 26.2 Å². The van der Waals surface area contributed by atoms with Crippen molar-refractivity contribution in [2.75, 3.05) is 33.9 Å². The van der Waals surface area contributed by atoms with Crippen molar-refractivity contribution >= 4 is 11.0 Å². The smallest absolute Gasteiger partial charge is 0.239 e. The number of hydrogen-bond acceptors (Lipinski definition) is 4. The molecule has 19 heavy (non-hydrogen) atoms. The predicted octanol–water partition coefficient (Wildman–Crippen LogP) is 1.76. The van der Waals surface area contributed by atoms with Crippen molar-refractivity contribution in [3.8, 4) is 11.6 Å². The molecule has 2 aromatic rings. The molecule has 0 aromatic carbocycles. The van der Waals surface area contributed by atoms with Gasteiger partial charge < -0.3 is 14.4 Å². The molecule has 0 amide bonds. The van der Waals surface area contributed by atoms with Crippen LogP contribution in [-0.4, -0.2) is 48.3 Å². The molecular formula is C14H19N3O2. The second-order valence-electron chi connectivity index (χ2n) is 5.01. The van der Waals surface area contributed by atoms with Gasteiger partial charge in [-0.25, -0.2) is 4.98 Å². The van der Waals surface area contributed by atoms with E-state index in [-0.39, 0.29) is 0 Å². The Morgan fingerprint density at radius 2 is 2.16 bits per heavy atom. The van der Waals surface area contributed by atoms with E-state index in [1.807, 2.05) is 18.3 Å². The molecule has 0 bridgehead atoms. The zero-order valence-electron chi connectivity index (χ0n) is 11.4. The molecular weight excluding hydrogens is 242 g/mol. The average molecular weight is 261 g/mol. The molecule has 2 aromatic heterocycles. The van der Waals surface area contributed by atoms with E-state index in [2.05, 4.69) is 28.5 Å². The van der Waals surface area contributed by atoms with Gasteiger partial charge in [-0.1, -0.05) is 0 Å². The molecule has 0 saturated heterocycles. The van der Waals surface area contributed by atoms with Crippen molar-refractivity contribution in [2.24, 2.45) is 0 Å². The van der Waals surface area contributed by atoms with E-state index >= 15 is 0 Å². The zero-order chi connectivity index (χ0) is 13.2. The fourth-order valence-electron chi connectivity index (χ4n) is 2.32. The molecule has 3 rings (SSSR count). The highest BCUT2D eigenvalue weighted by Gasteiger charge is 2.22. The highest BCUT2D eigenvalue weighted by atomic mass is 16.5. The summed E-state index contributed by atoms with van der Waals surface area (Å²) in [5.74, 6) is 1.67. The Hall–Kier alpha value is -1.75. The Balaban J connectivity index is 2.09. The van der Waals surface area contributed by atoms with E-state index in [4.69, 9.17) is 9.47 Å². The number of hydrogen-bond donors (Lipinski definition) is 0. The van der Waals surface area contributed by atoms with Crippen LogP contribution >= 0.6 is 0 Å². The Morgan fingerprint density at radius 1 is 1.32 bits per heavy atom. The highest BCUT2D eigenvalue weighted by molar-refractivity contribution is 5.87. The second-order valence-corrected chi connectivity index (χ2v) is 5.01. The SMILES string of the molecule is CN(C)CCn1c2c(c3cccnc31)OCCCO2. The molecule has 0 atom stereocenters. The first-order chi connectivity index (χ1) is 9.27. The van der Waals surface area contributed by atoms with Crippen LogP contribution in [0.3, 0.4) is 0 Å². The van der Waals surface area contributed by atoms with Crippen molar-refractivity contribution in [1.29, 1.82) is 0 Å². The van der Waals surface area contributed by atoms with Crippen LogP contribution in [0.1, 0.15) is 6.42 Å². The van der Waals surface area contributed by atoms with E-state index < -0.39 is 0 Å². The average Bonchev–Trinajstić information content (AvgIpc) is 2.56. The summed E-state index contributed by atoms with van der Waals surface area (Å²) in [5.41, 5.74) is 0.941. The lowest BCUT2D eigenvalue weighted by atomic mass is 10.3. The number of nitrogens with zero attached hydrogens (tertiary/aromatic N) is 3. The molecule has 0 fully saturated rings. The molecule has 0 radical (unpaired) electrons. The van der Waals surface area contributed by atoms with Crippen molar-refractivity contribution in [1.82, 2.24) is 14.5 Å². The first kappa shape index (κ1) is 12.3. The number of aromatic nitrogens is 2. The summed E-state index contributed by atoms with van der Waals surface area (Å²) in [6, 6.07) is 3.98. The third kappa shape index (κ3) is 2.26. The molecule has 1 aliphatic heterocycles. The van der Waals surface area contributed by atoms with Crippen LogP contribution < -0.4 is 9.47 Å². The van der Waals surface area contributed by atoms with Crippen LogP contribution in [0.4, 0.5) is 0 Å². The first-order valence-corrected chi connectivity index (χ1v) is 6.65. The van der Waals surface area contributed by atoms with E-state index in [1.165, 1.54) is 0 Å². The summed E-state index contributed by atoms with van der Waals surface area (Å²) >= 11 is 0. The molecule has 102 valence electrons. The summed E-state index contributed by atoms with van der Waals surface area (Å²) in [6.45, 7) is 3.19. The number of rotatable bonds is 3. The van der Waals surface area contributed by atoms with Crippen LogP contribution in [0.25, 0.3) is 11.0 Å². The number of pyridine rings is 1. The van der Waals surface area contributed by atoms with Gasteiger partial charge in [0.05, 0.1) is 18.6 Å². The topological polar surface area (TPSA) is 39.5 Å². The van der Waals surface area contributed by atoms with Gasteiger partial charge in [0.25, 0.3) is 0 Å². The second kappa shape index (κ2) is 5.09. The van der Waals surface area contributed by atoms with Gasteiger partial charge in [-0.15, -0.1) is 0 Å². The van der Waals surface area contributed by atoms with Crippen LogP contribution in [0, 0.1) is 0 Å². The summed E-state index contributed by atoms with van der Waals surface area (Å²) in [6.07, 6.45) is 2.73. The fourth-order valence-corrected chi connectivity index (χ4v) is 2.32. The Labute approximate surface area is 112 Å². The minimum Gasteiger partial charge on any atom is -0.487 e. The summed E-state index contributed by atoms with van der Waals surface area (Å²) in [4.78, 5) is 6.63. The molecule has 0 spiro atoms. The zero-order valence-corrected chi connectivity index (χ0v) is 11.4. The van der Waals surface area contributed by atoms with Gasteiger partial charge in [-0.3, -0.25) is 4.57 Å².